The summed E-state index contributed by atoms with van der Waals surface area (Å²) in [7, 11) is 0. The minimum atomic E-state index is -0.208. The SMILES string of the molecule is CC(=O)N[C@H]1CC2(CCN(CC3CC4CCC=CC43)C2)c2ccc(F)cc21. The van der Waals surface area contributed by atoms with Gasteiger partial charge >= 0.3 is 0 Å². The van der Waals surface area contributed by atoms with Gasteiger partial charge in [0.25, 0.3) is 0 Å². The van der Waals surface area contributed by atoms with Gasteiger partial charge in [-0.3, -0.25) is 4.79 Å². The molecule has 1 N–H and O–H groups in total. The number of benzene rings is 1. The molecule has 0 bridgehead atoms. The van der Waals surface area contributed by atoms with Crippen molar-refractivity contribution in [3.63, 3.8) is 0 Å². The molecule has 1 saturated heterocycles. The molecule has 27 heavy (non-hydrogen) atoms. The molecule has 1 aromatic rings. The molecule has 3 aliphatic carbocycles. The lowest BCUT2D eigenvalue weighted by Crippen LogP contribution is -2.44. The van der Waals surface area contributed by atoms with Crippen molar-refractivity contribution in [2.24, 2.45) is 17.8 Å². The van der Waals surface area contributed by atoms with Crippen molar-refractivity contribution in [2.45, 2.75) is 50.5 Å². The van der Waals surface area contributed by atoms with Crippen LogP contribution in [0.1, 0.15) is 56.2 Å². The fourth-order valence-electron chi connectivity index (χ4n) is 6.40. The smallest absolute Gasteiger partial charge is 0.217 e. The van der Waals surface area contributed by atoms with Gasteiger partial charge in [-0.1, -0.05) is 18.2 Å². The highest BCUT2D eigenvalue weighted by Crippen LogP contribution is 2.52. The molecule has 2 fully saturated rings. The van der Waals surface area contributed by atoms with Crippen LogP contribution in [0.2, 0.25) is 0 Å². The number of carbonyl (C=O) groups excluding carboxylic acids is 1. The molecule has 1 aromatic carbocycles. The zero-order valence-corrected chi connectivity index (χ0v) is 16.1. The van der Waals surface area contributed by atoms with Crippen LogP contribution >= 0.6 is 0 Å². The molecule has 3 nitrogen and oxygen atoms in total. The molecule has 144 valence electrons. The van der Waals surface area contributed by atoms with E-state index in [4.69, 9.17) is 0 Å². The molecule has 4 aliphatic rings. The van der Waals surface area contributed by atoms with E-state index in [1.807, 2.05) is 6.07 Å². The lowest BCUT2D eigenvalue weighted by molar-refractivity contribution is -0.119. The van der Waals surface area contributed by atoms with Crippen molar-refractivity contribution in [1.29, 1.82) is 0 Å². The van der Waals surface area contributed by atoms with E-state index in [0.717, 1.165) is 49.2 Å². The molecular weight excluding hydrogens is 339 g/mol. The highest BCUT2D eigenvalue weighted by atomic mass is 19.1. The number of allylic oxidation sites excluding steroid dienone is 2. The molecule has 1 amide bonds. The van der Waals surface area contributed by atoms with Gasteiger partial charge in [-0.15, -0.1) is 0 Å². The van der Waals surface area contributed by atoms with Crippen molar-refractivity contribution >= 4 is 5.91 Å². The number of likely N-dealkylation sites (tertiary alicyclic amines) is 1. The van der Waals surface area contributed by atoms with Crippen LogP contribution in [0.15, 0.2) is 30.4 Å². The topological polar surface area (TPSA) is 32.3 Å². The lowest BCUT2D eigenvalue weighted by Gasteiger charge is -2.47. The van der Waals surface area contributed by atoms with E-state index in [9.17, 15) is 9.18 Å². The zero-order valence-electron chi connectivity index (χ0n) is 16.1. The van der Waals surface area contributed by atoms with E-state index >= 15 is 0 Å². The van der Waals surface area contributed by atoms with Gasteiger partial charge in [0.15, 0.2) is 0 Å². The second-order valence-corrected chi connectivity index (χ2v) is 9.29. The molecule has 5 atom stereocenters. The first kappa shape index (κ1) is 17.4. The number of nitrogens with zero attached hydrogens (tertiary/aromatic N) is 1. The maximum absolute atomic E-state index is 13.9. The quantitative estimate of drug-likeness (QED) is 0.820. The highest BCUT2D eigenvalue weighted by Gasteiger charge is 2.49. The number of halogens is 1. The number of amides is 1. The van der Waals surface area contributed by atoms with Gasteiger partial charge in [0.2, 0.25) is 5.91 Å². The van der Waals surface area contributed by atoms with Crippen LogP contribution in [0.25, 0.3) is 0 Å². The van der Waals surface area contributed by atoms with E-state index in [1.54, 1.807) is 19.1 Å². The number of carbonyl (C=O) groups is 1. The first-order valence-corrected chi connectivity index (χ1v) is 10.5. The van der Waals surface area contributed by atoms with Crippen molar-refractivity contribution in [3.05, 3.63) is 47.3 Å². The number of rotatable bonds is 3. The fraction of sp³-hybridized carbons (Fsp3) is 0.609. The molecule has 0 radical (unpaired) electrons. The zero-order chi connectivity index (χ0) is 18.6. The first-order chi connectivity index (χ1) is 13.0. The highest BCUT2D eigenvalue weighted by molar-refractivity contribution is 5.74. The van der Waals surface area contributed by atoms with Gasteiger partial charge in [-0.2, -0.15) is 0 Å². The van der Waals surface area contributed by atoms with Crippen LogP contribution in [-0.4, -0.2) is 30.4 Å². The van der Waals surface area contributed by atoms with E-state index < -0.39 is 0 Å². The molecule has 1 saturated carbocycles. The third-order valence-corrected chi connectivity index (χ3v) is 7.61. The molecule has 1 aliphatic heterocycles. The van der Waals surface area contributed by atoms with Crippen LogP contribution in [0, 0.1) is 23.6 Å². The van der Waals surface area contributed by atoms with Gasteiger partial charge in [0, 0.05) is 25.4 Å². The maximum atomic E-state index is 13.9. The number of nitrogens with one attached hydrogen (secondary N) is 1. The largest absolute Gasteiger partial charge is 0.349 e. The monoisotopic (exact) mass is 368 g/mol. The molecule has 1 spiro atoms. The second kappa shape index (κ2) is 6.44. The summed E-state index contributed by atoms with van der Waals surface area (Å²) in [5.41, 5.74) is 2.32. The summed E-state index contributed by atoms with van der Waals surface area (Å²) in [6.45, 7) is 4.89. The molecule has 1 heterocycles. The summed E-state index contributed by atoms with van der Waals surface area (Å²) in [5, 5.41) is 3.06. The molecule has 4 unspecified atom stereocenters. The molecule has 4 heteroatoms. The van der Waals surface area contributed by atoms with Gasteiger partial charge in [-0.05, 0) is 79.7 Å². The van der Waals surface area contributed by atoms with Crippen molar-refractivity contribution in [3.8, 4) is 0 Å². The summed E-state index contributed by atoms with van der Waals surface area (Å²) < 4.78 is 13.9. The minimum absolute atomic E-state index is 0.0355. The number of hydrogen-bond donors (Lipinski definition) is 1. The predicted octanol–water partition coefficient (Wildman–Crippen LogP) is 3.95. The van der Waals surface area contributed by atoms with Crippen molar-refractivity contribution in [2.75, 3.05) is 19.6 Å². The average Bonchev–Trinajstić information content (AvgIpc) is 3.14. The standard InChI is InChI=1S/C23H29FN2O/c1-15(27)25-22-12-23(21-7-6-18(24)11-20(21)22)8-9-26(14-23)13-17-10-16-4-2-3-5-19(16)17/h3,5-7,11,16-17,19,22H,2,4,8-10,12-14H2,1H3,(H,25,27)/t16?,17?,19?,22-,23?/m0/s1. The van der Waals surface area contributed by atoms with Gasteiger partial charge < -0.3 is 10.2 Å². The Labute approximate surface area is 161 Å². The van der Waals surface area contributed by atoms with Crippen LogP contribution in [-0.2, 0) is 10.2 Å². The van der Waals surface area contributed by atoms with E-state index in [0.29, 0.717) is 0 Å². The van der Waals surface area contributed by atoms with Crippen LogP contribution < -0.4 is 5.32 Å². The molecule has 5 rings (SSSR count). The third kappa shape index (κ3) is 2.93. The Balaban J connectivity index is 1.33. The summed E-state index contributed by atoms with van der Waals surface area (Å²) in [4.78, 5) is 14.3. The maximum Gasteiger partial charge on any atom is 0.217 e. The van der Waals surface area contributed by atoms with Crippen LogP contribution in [0.4, 0.5) is 4.39 Å². The van der Waals surface area contributed by atoms with Crippen LogP contribution in [0.3, 0.4) is 0 Å². The molecule has 0 aromatic heterocycles. The summed E-state index contributed by atoms with van der Waals surface area (Å²) >= 11 is 0. The van der Waals surface area contributed by atoms with E-state index in [2.05, 4.69) is 22.4 Å². The second-order valence-electron chi connectivity index (χ2n) is 9.29. The van der Waals surface area contributed by atoms with Gasteiger partial charge in [0.1, 0.15) is 5.82 Å². The Bertz CT molecular complexity index is 791. The predicted molar refractivity (Wildman–Crippen MR) is 104 cm³/mol. The summed E-state index contributed by atoms with van der Waals surface area (Å²) in [6, 6.07) is 5.14. The normalized spacial score (nSPS) is 37.1. The van der Waals surface area contributed by atoms with Crippen molar-refractivity contribution < 1.29 is 9.18 Å². The third-order valence-electron chi connectivity index (χ3n) is 7.61. The van der Waals surface area contributed by atoms with Crippen molar-refractivity contribution in [1.82, 2.24) is 10.2 Å². The Hall–Kier alpha value is -1.68. The first-order valence-electron chi connectivity index (χ1n) is 10.5. The Kier molecular flexibility index (Phi) is 4.15. The summed E-state index contributed by atoms with van der Waals surface area (Å²) in [6.07, 6.45) is 10.9. The fourth-order valence-corrected chi connectivity index (χ4v) is 6.40. The van der Waals surface area contributed by atoms with E-state index in [1.165, 1.54) is 31.4 Å². The Morgan fingerprint density at radius 2 is 2.30 bits per heavy atom. The average molecular weight is 368 g/mol. The van der Waals surface area contributed by atoms with Crippen LogP contribution in [0.5, 0.6) is 0 Å². The lowest BCUT2D eigenvalue weighted by atomic mass is 9.61. The van der Waals surface area contributed by atoms with Gasteiger partial charge in [0.05, 0.1) is 6.04 Å². The minimum Gasteiger partial charge on any atom is -0.349 e. The molecular formula is C23H29FN2O. The van der Waals surface area contributed by atoms with E-state index in [-0.39, 0.29) is 23.2 Å². The van der Waals surface area contributed by atoms with Gasteiger partial charge in [-0.25, -0.2) is 4.39 Å². The number of fused-ring (bicyclic) bond motifs is 3. The number of hydrogen-bond acceptors (Lipinski definition) is 2. The summed E-state index contributed by atoms with van der Waals surface area (Å²) in [5.74, 6) is 2.29. The Morgan fingerprint density at radius 1 is 1.41 bits per heavy atom. The Morgan fingerprint density at radius 3 is 3.11 bits per heavy atom.